The van der Waals surface area contributed by atoms with Gasteiger partial charge in [0.25, 0.3) is 0 Å². The van der Waals surface area contributed by atoms with Crippen molar-refractivity contribution in [1.82, 2.24) is 14.9 Å². The van der Waals surface area contributed by atoms with Gasteiger partial charge >= 0.3 is 0 Å². The number of imidazole rings is 1. The van der Waals surface area contributed by atoms with Crippen molar-refractivity contribution in [2.45, 2.75) is 19.4 Å². The highest BCUT2D eigenvalue weighted by atomic mass is 32.2. The number of carbonyl (C=O) groups is 1. The molecular formula is C16H20N4O3S. The predicted octanol–water partition coefficient (Wildman–Crippen LogP) is 0.953. The Bertz CT molecular complexity index is 818. The maximum atomic E-state index is 12.5. The van der Waals surface area contributed by atoms with Gasteiger partial charge in [0.1, 0.15) is 6.04 Å². The molecular weight excluding hydrogens is 328 g/mol. The molecule has 1 aromatic heterocycles. The lowest BCUT2D eigenvalue weighted by molar-refractivity contribution is -0.123. The molecule has 1 amide bonds. The Labute approximate surface area is 141 Å². The van der Waals surface area contributed by atoms with Crippen LogP contribution in [0.4, 0.5) is 5.69 Å². The van der Waals surface area contributed by atoms with E-state index in [0.29, 0.717) is 6.54 Å². The van der Waals surface area contributed by atoms with Crippen LogP contribution in [-0.2, 0) is 21.2 Å². The fourth-order valence-electron chi connectivity index (χ4n) is 2.79. The molecule has 1 unspecified atom stereocenters. The summed E-state index contributed by atoms with van der Waals surface area (Å²) in [5.41, 5.74) is 1.79. The van der Waals surface area contributed by atoms with Gasteiger partial charge in [0, 0.05) is 25.5 Å². The SMILES string of the molecule is CC(C(=O)NCCS(=O)(=O)N1CCc2ccccc21)n1ccnc1. The zero-order chi connectivity index (χ0) is 17.2. The number of benzene rings is 1. The van der Waals surface area contributed by atoms with Gasteiger partial charge in [-0.15, -0.1) is 0 Å². The van der Waals surface area contributed by atoms with E-state index in [1.165, 1.54) is 4.31 Å². The second kappa shape index (κ2) is 6.64. The van der Waals surface area contributed by atoms with E-state index >= 15 is 0 Å². The van der Waals surface area contributed by atoms with Crippen molar-refractivity contribution < 1.29 is 13.2 Å². The van der Waals surface area contributed by atoms with Crippen molar-refractivity contribution >= 4 is 21.6 Å². The number of sulfonamides is 1. The first kappa shape index (κ1) is 16.5. The van der Waals surface area contributed by atoms with E-state index in [4.69, 9.17) is 0 Å². The molecule has 24 heavy (non-hydrogen) atoms. The summed E-state index contributed by atoms with van der Waals surface area (Å²) in [6.45, 7) is 2.28. The summed E-state index contributed by atoms with van der Waals surface area (Å²) in [6, 6.07) is 7.08. The molecule has 0 saturated carbocycles. The number of para-hydroxylation sites is 1. The van der Waals surface area contributed by atoms with Gasteiger partial charge in [-0.25, -0.2) is 13.4 Å². The zero-order valence-corrected chi connectivity index (χ0v) is 14.2. The van der Waals surface area contributed by atoms with E-state index in [-0.39, 0.29) is 18.2 Å². The van der Waals surface area contributed by atoms with Crippen LogP contribution in [0.1, 0.15) is 18.5 Å². The summed E-state index contributed by atoms with van der Waals surface area (Å²) >= 11 is 0. The smallest absolute Gasteiger partial charge is 0.242 e. The number of carbonyl (C=O) groups excluding carboxylic acids is 1. The molecule has 1 aliphatic rings. The topological polar surface area (TPSA) is 84.3 Å². The number of nitrogens with zero attached hydrogens (tertiary/aromatic N) is 3. The molecule has 3 rings (SSSR count). The quantitative estimate of drug-likeness (QED) is 0.842. The van der Waals surface area contributed by atoms with Gasteiger partial charge in [-0.1, -0.05) is 18.2 Å². The van der Waals surface area contributed by atoms with Crippen molar-refractivity contribution in [2.24, 2.45) is 0 Å². The van der Waals surface area contributed by atoms with Gasteiger partial charge in [-0.2, -0.15) is 0 Å². The Hall–Kier alpha value is -2.35. The average Bonchev–Trinajstić information content (AvgIpc) is 3.23. The largest absolute Gasteiger partial charge is 0.353 e. The number of hydrogen-bond donors (Lipinski definition) is 1. The van der Waals surface area contributed by atoms with E-state index in [1.807, 2.05) is 24.3 Å². The highest BCUT2D eigenvalue weighted by molar-refractivity contribution is 7.92. The summed E-state index contributed by atoms with van der Waals surface area (Å²) in [6.07, 6.45) is 5.57. The summed E-state index contributed by atoms with van der Waals surface area (Å²) < 4.78 is 28.2. The maximum Gasteiger partial charge on any atom is 0.242 e. The first-order valence-corrected chi connectivity index (χ1v) is 9.43. The Morgan fingerprint density at radius 1 is 1.38 bits per heavy atom. The van der Waals surface area contributed by atoms with Gasteiger partial charge in [-0.3, -0.25) is 9.10 Å². The second-order valence-corrected chi connectivity index (χ2v) is 7.76. The summed E-state index contributed by atoms with van der Waals surface area (Å²) in [5.74, 6) is -0.353. The fraction of sp³-hybridized carbons (Fsp3) is 0.375. The molecule has 1 atom stereocenters. The summed E-state index contributed by atoms with van der Waals surface area (Å²) in [7, 11) is -3.45. The van der Waals surface area contributed by atoms with E-state index < -0.39 is 16.1 Å². The molecule has 2 aromatic rings. The lowest BCUT2D eigenvalue weighted by Gasteiger charge is -2.20. The van der Waals surface area contributed by atoms with Crippen LogP contribution in [0.15, 0.2) is 43.0 Å². The minimum absolute atomic E-state index is 0.0822. The van der Waals surface area contributed by atoms with E-state index in [2.05, 4.69) is 10.3 Å². The van der Waals surface area contributed by atoms with Crippen molar-refractivity contribution in [3.63, 3.8) is 0 Å². The lowest BCUT2D eigenvalue weighted by atomic mass is 10.2. The number of nitrogens with one attached hydrogen (secondary N) is 1. The van der Waals surface area contributed by atoms with Gasteiger partial charge in [0.2, 0.25) is 15.9 Å². The molecule has 0 bridgehead atoms. The number of rotatable bonds is 6. The minimum Gasteiger partial charge on any atom is -0.353 e. The van der Waals surface area contributed by atoms with Crippen LogP contribution in [0, 0.1) is 0 Å². The number of fused-ring (bicyclic) bond motifs is 1. The number of anilines is 1. The summed E-state index contributed by atoms with van der Waals surface area (Å²) in [4.78, 5) is 16.0. The van der Waals surface area contributed by atoms with Gasteiger partial charge < -0.3 is 9.88 Å². The van der Waals surface area contributed by atoms with Crippen LogP contribution in [0.3, 0.4) is 0 Å². The molecule has 2 heterocycles. The molecule has 0 aliphatic carbocycles. The highest BCUT2D eigenvalue weighted by Crippen LogP contribution is 2.29. The second-order valence-electron chi connectivity index (χ2n) is 5.74. The Balaban J connectivity index is 1.58. The van der Waals surface area contributed by atoms with Crippen LogP contribution >= 0.6 is 0 Å². The molecule has 1 aromatic carbocycles. The van der Waals surface area contributed by atoms with E-state index in [1.54, 1.807) is 30.2 Å². The van der Waals surface area contributed by atoms with Crippen LogP contribution < -0.4 is 9.62 Å². The molecule has 1 N–H and O–H groups in total. The fourth-order valence-corrected chi connectivity index (χ4v) is 4.22. The first-order valence-electron chi connectivity index (χ1n) is 7.82. The van der Waals surface area contributed by atoms with Crippen LogP contribution in [0.25, 0.3) is 0 Å². The molecule has 0 fully saturated rings. The van der Waals surface area contributed by atoms with Gasteiger partial charge in [0.15, 0.2) is 0 Å². The average molecular weight is 348 g/mol. The van der Waals surface area contributed by atoms with Crippen LogP contribution in [-0.4, -0.2) is 42.7 Å². The van der Waals surface area contributed by atoms with Crippen LogP contribution in [0.5, 0.6) is 0 Å². The molecule has 128 valence electrons. The molecule has 7 nitrogen and oxygen atoms in total. The van der Waals surface area contributed by atoms with E-state index in [0.717, 1.165) is 17.7 Å². The third-order valence-corrected chi connectivity index (χ3v) is 5.96. The lowest BCUT2D eigenvalue weighted by Crippen LogP contribution is -2.38. The number of amides is 1. The third kappa shape index (κ3) is 3.28. The van der Waals surface area contributed by atoms with Gasteiger partial charge in [0.05, 0.1) is 17.8 Å². The first-order chi connectivity index (χ1) is 11.5. The maximum absolute atomic E-state index is 12.5. The van der Waals surface area contributed by atoms with Crippen molar-refractivity contribution in [2.75, 3.05) is 23.1 Å². The summed E-state index contributed by atoms with van der Waals surface area (Å²) in [5, 5.41) is 2.68. The van der Waals surface area contributed by atoms with E-state index in [9.17, 15) is 13.2 Å². The monoisotopic (exact) mass is 348 g/mol. The molecule has 0 spiro atoms. The van der Waals surface area contributed by atoms with Gasteiger partial charge in [-0.05, 0) is 25.0 Å². The van der Waals surface area contributed by atoms with Crippen LogP contribution in [0.2, 0.25) is 0 Å². The normalized spacial score (nSPS) is 15.1. The zero-order valence-electron chi connectivity index (χ0n) is 13.4. The molecule has 8 heteroatoms. The standard InChI is InChI=1S/C16H20N4O3S/c1-13(19-10-7-17-12-19)16(21)18-8-11-24(22,23)20-9-6-14-4-2-3-5-15(14)20/h2-5,7,10,12-13H,6,8-9,11H2,1H3,(H,18,21). The Morgan fingerprint density at radius 3 is 2.92 bits per heavy atom. The minimum atomic E-state index is -3.45. The van der Waals surface area contributed by atoms with Crippen molar-refractivity contribution in [3.05, 3.63) is 48.5 Å². The Morgan fingerprint density at radius 2 is 2.17 bits per heavy atom. The highest BCUT2D eigenvalue weighted by Gasteiger charge is 2.28. The molecule has 1 aliphatic heterocycles. The molecule has 0 radical (unpaired) electrons. The number of hydrogen-bond acceptors (Lipinski definition) is 4. The van der Waals surface area contributed by atoms with Crippen molar-refractivity contribution in [1.29, 1.82) is 0 Å². The third-order valence-electron chi connectivity index (χ3n) is 4.19. The predicted molar refractivity (Wildman–Crippen MR) is 91.2 cm³/mol. The Kier molecular flexibility index (Phi) is 4.57. The van der Waals surface area contributed by atoms with Crippen molar-refractivity contribution in [3.8, 4) is 0 Å². The molecule has 0 saturated heterocycles. The number of aromatic nitrogens is 2.